The van der Waals surface area contributed by atoms with E-state index >= 15 is 0 Å². The fourth-order valence-corrected chi connectivity index (χ4v) is 2.18. The molecule has 3 rings (SSSR count). The molecule has 16 heavy (non-hydrogen) atoms. The molecular formula is C11H15N5. The Morgan fingerprint density at radius 3 is 2.81 bits per heavy atom. The minimum atomic E-state index is 0.564. The molecule has 1 aliphatic rings. The minimum Gasteiger partial charge on any atom is -0.309 e. The Bertz CT molecular complexity index is 516. The number of nitrogens with zero attached hydrogens (tertiary/aromatic N) is 5. The second-order valence-electron chi connectivity index (χ2n) is 4.45. The summed E-state index contributed by atoms with van der Waals surface area (Å²) in [7, 11) is 0. The Hall–Kier alpha value is -1.49. The molecule has 3 heterocycles. The third kappa shape index (κ3) is 1.39. The predicted molar refractivity (Wildman–Crippen MR) is 60.9 cm³/mol. The molecule has 0 radical (unpaired) electrons. The van der Waals surface area contributed by atoms with Crippen LogP contribution in [0.1, 0.15) is 19.7 Å². The predicted octanol–water partition coefficient (Wildman–Crippen LogP) is 1.05. The Morgan fingerprint density at radius 1 is 1.19 bits per heavy atom. The molecule has 2 aromatic heterocycles. The Balaban J connectivity index is 2.06. The maximum atomic E-state index is 4.53. The summed E-state index contributed by atoms with van der Waals surface area (Å²) in [5, 5.41) is 0. The van der Waals surface area contributed by atoms with Gasteiger partial charge in [-0.3, -0.25) is 4.90 Å². The zero-order valence-corrected chi connectivity index (χ0v) is 9.59. The number of fused-ring (bicyclic) bond motifs is 3. The van der Waals surface area contributed by atoms with Crippen molar-refractivity contribution in [3.8, 4) is 0 Å². The SMILES string of the molecule is CC(C)N1CCn2c(nc3nccnc32)C1. The lowest BCUT2D eigenvalue weighted by Gasteiger charge is -2.30. The maximum absolute atomic E-state index is 4.53. The van der Waals surface area contributed by atoms with Crippen molar-refractivity contribution in [3.05, 3.63) is 18.2 Å². The van der Waals surface area contributed by atoms with E-state index in [0.717, 1.165) is 36.8 Å². The molecule has 0 bridgehead atoms. The molecule has 0 unspecified atom stereocenters. The van der Waals surface area contributed by atoms with Crippen molar-refractivity contribution in [2.24, 2.45) is 0 Å². The van der Waals surface area contributed by atoms with Gasteiger partial charge in [0.05, 0.1) is 6.54 Å². The third-order valence-corrected chi connectivity index (χ3v) is 3.15. The van der Waals surface area contributed by atoms with Crippen LogP contribution in [0.4, 0.5) is 0 Å². The molecule has 5 nitrogen and oxygen atoms in total. The van der Waals surface area contributed by atoms with Crippen LogP contribution in [0.5, 0.6) is 0 Å². The zero-order valence-electron chi connectivity index (χ0n) is 9.59. The minimum absolute atomic E-state index is 0.564. The number of aromatic nitrogens is 4. The fraction of sp³-hybridized carbons (Fsp3) is 0.545. The van der Waals surface area contributed by atoms with E-state index in [2.05, 4.69) is 38.3 Å². The van der Waals surface area contributed by atoms with Crippen LogP contribution in [0.3, 0.4) is 0 Å². The lowest BCUT2D eigenvalue weighted by atomic mass is 10.2. The van der Waals surface area contributed by atoms with Crippen LogP contribution in [-0.2, 0) is 13.1 Å². The molecule has 0 aliphatic carbocycles. The molecular weight excluding hydrogens is 202 g/mol. The van der Waals surface area contributed by atoms with Crippen molar-refractivity contribution in [2.45, 2.75) is 33.0 Å². The summed E-state index contributed by atoms with van der Waals surface area (Å²) in [6.07, 6.45) is 3.42. The van der Waals surface area contributed by atoms with Gasteiger partial charge in [-0.1, -0.05) is 0 Å². The van der Waals surface area contributed by atoms with Gasteiger partial charge >= 0.3 is 0 Å². The normalized spacial score (nSPS) is 16.9. The van der Waals surface area contributed by atoms with Crippen molar-refractivity contribution < 1.29 is 0 Å². The maximum Gasteiger partial charge on any atom is 0.197 e. The van der Waals surface area contributed by atoms with Gasteiger partial charge < -0.3 is 4.57 Å². The first-order valence-electron chi connectivity index (χ1n) is 5.66. The van der Waals surface area contributed by atoms with Crippen LogP contribution in [0, 0.1) is 0 Å². The molecule has 84 valence electrons. The number of imidazole rings is 1. The van der Waals surface area contributed by atoms with E-state index in [0.29, 0.717) is 6.04 Å². The van der Waals surface area contributed by atoms with Crippen LogP contribution in [0.25, 0.3) is 11.3 Å². The molecule has 2 aromatic rings. The van der Waals surface area contributed by atoms with E-state index in [4.69, 9.17) is 0 Å². The smallest absolute Gasteiger partial charge is 0.197 e. The summed E-state index contributed by atoms with van der Waals surface area (Å²) in [6.45, 7) is 7.36. The first-order chi connectivity index (χ1) is 7.75. The monoisotopic (exact) mass is 217 g/mol. The zero-order chi connectivity index (χ0) is 11.1. The largest absolute Gasteiger partial charge is 0.309 e. The van der Waals surface area contributed by atoms with Gasteiger partial charge in [-0.2, -0.15) is 0 Å². The Labute approximate surface area is 94.1 Å². The molecule has 0 spiro atoms. The fourth-order valence-electron chi connectivity index (χ4n) is 2.18. The third-order valence-electron chi connectivity index (χ3n) is 3.15. The molecule has 0 atom stereocenters. The molecule has 5 heteroatoms. The Morgan fingerprint density at radius 2 is 2.00 bits per heavy atom. The van der Waals surface area contributed by atoms with Crippen LogP contribution in [0.2, 0.25) is 0 Å². The van der Waals surface area contributed by atoms with E-state index in [1.54, 1.807) is 12.4 Å². The van der Waals surface area contributed by atoms with Crippen molar-refractivity contribution in [3.63, 3.8) is 0 Å². The average molecular weight is 217 g/mol. The van der Waals surface area contributed by atoms with Crippen LogP contribution in [-0.4, -0.2) is 37.0 Å². The number of rotatable bonds is 1. The highest BCUT2D eigenvalue weighted by molar-refractivity contribution is 5.66. The average Bonchev–Trinajstić information content (AvgIpc) is 2.66. The van der Waals surface area contributed by atoms with E-state index in [1.165, 1.54) is 0 Å². The summed E-state index contributed by atoms with van der Waals surface area (Å²) in [6, 6.07) is 0.564. The van der Waals surface area contributed by atoms with E-state index in [-0.39, 0.29) is 0 Å². The van der Waals surface area contributed by atoms with Crippen molar-refractivity contribution in [1.82, 2.24) is 24.4 Å². The molecule has 1 aliphatic heterocycles. The summed E-state index contributed by atoms with van der Waals surface area (Å²) in [5.41, 5.74) is 1.68. The standard InChI is InChI=1S/C11H15N5/c1-8(2)15-5-6-16-9(7-15)14-10-11(16)13-4-3-12-10/h3-4,8H,5-7H2,1-2H3. The van der Waals surface area contributed by atoms with Gasteiger partial charge in [-0.15, -0.1) is 0 Å². The number of hydrogen-bond acceptors (Lipinski definition) is 4. The van der Waals surface area contributed by atoms with Gasteiger partial charge in [0, 0.05) is 31.5 Å². The first kappa shape index (κ1) is 9.72. The van der Waals surface area contributed by atoms with Crippen molar-refractivity contribution >= 4 is 11.3 Å². The molecule has 0 N–H and O–H groups in total. The first-order valence-corrected chi connectivity index (χ1v) is 5.66. The van der Waals surface area contributed by atoms with Gasteiger partial charge in [0.15, 0.2) is 11.3 Å². The van der Waals surface area contributed by atoms with Gasteiger partial charge in [-0.25, -0.2) is 15.0 Å². The van der Waals surface area contributed by atoms with Crippen molar-refractivity contribution in [1.29, 1.82) is 0 Å². The van der Waals surface area contributed by atoms with Gasteiger partial charge in [0.2, 0.25) is 0 Å². The second-order valence-corrected chi connectivity index (χ2v) is 4.45. The van der Waals surface area contributed by atoms with Gasteiger partial charge in [0.1, 0.15) is 5.82 Å². The van der Waals surface area contributed by atoms with Crippen LogP contribution in [0.15, 0.2) is 12.4 Å². The lowest BCUT2D eigenvalue weighted by molar-refractivity contribution is 0.175. The summed E-state index contributed by atoms with van der Waals surface area (Å²) >= 11 is 0. The van der Waals surface area contributed by atoms with Gasteiger partial charge in [-0.05, 0) is 13.8 Å². The van der Waals surface area contributed by atoms with Crippen LogP contribution >= 0.6 is 0 Å². The van der Waals surface area contributed by atoms with Crippen molar-refractivity contribution in [2.75, 3.05) is 6.54 Å². The molecule has 0 fully saturated rings. The van der Waals surface area contributed by atoms with E-state index < -0.39 is 0 Å². The Kier molecular flexibility index (Phi) is 2.14. The van der Waals surface area contributed by atoms with E-state index in [1.807, 2.05) is 0 Å². The molecule has 0 aromatic carbocycles. The highest BCUT2D eigenvalue weighted by atomic mass is 15.3. The van der Waals surface area contributed by atoms with Crippen LogP contribution < -0.4 is 0 Å². The molecule has 0 saturated heterocycles. The molecule has 0 amide bonds. The summed E-state index contributed by atoms with van der Waals surface area (Å²) < 4.78 is 2.18. The summed E-state index contributed by atoms with van der Waals surface area (Å²) in [4.78, 5) is 15.5. The highest BCUT2D eigenvalue weighted by Gasteiger charge is 2.22. The lowest BCUT2D eigenvalue weighted by Crippen LogP contribution is -2.38. The topological polar surface area (TPSA) is 46.8 Å². The van der Waals surface area contributed by atoms with Gasteiger partial charge in [0.25, 0.3) is 0 Å². The molecule has 0 saturated carbocycles. The number of hydrogen-bond donors (Lipinski definition) is 0. The second kappa shape index (κ2) is 3.52. The quantitative estimate of drug-likeness (QED) is 0.716. The van der Waals surface area contributed by atoms with E-state index in [9.17, 15) is 0 Å². The highest BCUT2D eigenvalue weighted by Crippen LogP contribution is 2.18. The summed E-state index contributed by atoms with van der Waals surface area (Å²) in [5.74, 6) is 1.08.